The highest BCUT2D eigenvalue weighted by Crippen LogP contribution is 2.28. The van der Waals surface area contributed by atoms with Crippen molar-refractivity contribution in [1.82, 2.24) is 16.0 Å². The Bertz CT molecular complexity index is 1050. The smallest absolute Gasteiger partial charge is 0.251 e. The standard InChI is InChI=1S/C30H45N3O6/c1-18-13-21(4)28(35)26(39-7)16-19(2)15-23-27(32-12-11-31-5)25(34)17-24(29(23)36)33-30(37)20(3)9-8-10-22(14-18)38-6/h8-10,13,17,19,21-22,26,28,31-32,35H,11-12,14-16H2,1-7H3,(H,33,37)/b10-8-,18-13+,20-9+/t19-,21+,22-,26+,28-/m1/s1. The summed E-state index contributed by atoms with van der Waals surface area (Å²) in [7, 11) is 4.98. The monoisotopic (exact) mass is 543 g/mol. The Balaban J connectivity index is 2.51. The maximum atomic E-state index is 13.6. The van der Waals surface area contributed by atoms with Gasteiger partial charge in [0.25, 0.3) is 5.91 Å². The van der Waals surface area contributed by atoms with Gasteiger partial charge in [-0.2, -0.15) is 0 Å². The summed E-state index contributed by atoms with van der Waals surface area (Å²) in [5.74, 6) is -1.51. The van der Waals surface area contributed by atoms with Crippen molar-refractivity contribution in [2.45, 2.75) is 65.3 Å². The van der Waals surface area contributed by atoms with Crippen LogP contribution in [0.1, 0.15) is 47.0 Å². The van der Waals surface area contributed by atoms with Gasteiger partial charge >= 0.3 is 0 Å². The number of carbonyl (C=O) groups is 3. The Morgan fingerprint density at radius 2 is 1.79 bits per heavy atom. The molecular formula is C30H45N3O6. The summed E-state index contributed by atoms with van der Waals surface area (Å²) in [6, 6.07) is 0. The van der Waals surface area contributed by atoms with E-state index in [1.807, 2.05) is 32.9 Å². The first-order valence-corrected chi connectivity index (χ1v) is 13.5. The van der Waals surface area contributed by atoms with Gasteiger partial charge in [0.05, 0.1) is 29.7 Å². The van der Waals surface area contributed by atoms with Gasteiger partial charge in [0.15, 0.2) is 0 Å². The molecule has 2 bridgehead atoms. The highest BCUT2D eigenvalue weighted by molar-refractivity contribution is 6.23. The van der Waals surface area contributed by atoms with Crippen LogP contribution in [-0.2, 0) is 23.9 Å². The fourth-order valence-electron chi connectivity index (χ4n) is 4.81. The van der Waals surface area contributed by atoms with Crippen molar-refractivity contribution in [3.8, 4) is 0 Å². The molecule has 0 aromatic carbocycles. The molecule has 1 heterocycles. The van der Waals surface area contributed by atoms with E-state index in [1.165, 1.54) is 6.08 Å². The molecule has 0 unspecified atom stereocenters. The lowest BCUT2D eigenvalue weighted by molar-refractivity contribution is -0.120. The maximum absolute atomic E-state index is 13.6. The van der Waals surface area contributed by atoms with Crippen molar-refractivity contribution < 1.29 is 29.0 Å². The van der Waals surface area contributed by atoms with Crippen LogP contribution >= 0.6 is 0 Å². The number of fused-ring (bicyclic) bond motifs is 2. The van der Waals surface area contributed by atoms with Crippen molar-refractivity contribution in [3.63, 3.8) is 0 Å². The first-order chi connectivity index (χ1) is 18.5. The summed E-state index contributed by atoms with van der Waals surface area (Å²) in [6.07, 6.45) is 8.35. The van der Waals surface area contributed by atoms with Crippen molar-refractivity contribution in [3.05, 3.63) is 58.5 Å². The molecule has 1 aliphatic carbocycles. The van der Waals surface area contributed by atoms with Crippen LogP contribution in [0, 0.1) is 11.8 Å². The molecule has 0 fully saturated rings. The second kappa shape index (κ2) is 15.7. The van der Waals surface area contributed by atoms with E-state index < -0.39 is 23.9 Å². The molecule has 2 rings (SSSR count). The van der Waals surface area contributed by atoms with E-state index in [9.17, 15) is 19.5 Å². The van der Waals surface area contributed by atoms with Crippen molar-refractivity contribution >= 4 is 17.5 Å². The zero-order valence-electron chi connectivity index (χ0n) is 24.3. The molecule has 5 atom stereocenters. The number of methoxy groups -OCH3 is 2. The van der Waals surface area contributed by atoms with Crippen LogP contribution in [0.25, 0.3) is 0 Å². The lowest BCUT2D eigenvalue weighted by Gasteiger charge is -2.29. The zero-order valence-corrected chi connectivity index (χ0v) is 24.3. The van der Waals surface area contributed by atoms with Gasteiger partial charge in [0, 0.05) is 50.4 Å². The number of ether oxygens (including phenoxy) is 2. The normalized spacial score (nSPS) is 31.5. The van der Waals surface area contributed by atoms with E-state index in [0.29, 0.717) is 37.1 Å². The van der Waals surface area contributed by atoms with Gasteiger partial charge in [-0.15, -0.1) is 0 Å². The minimum absolute atomic E-state index is 0.0486. The zero-order chi connectivity index (χ0) is 29.1. The molecule has 0 aromatic rings. The van der Waals surface area contributed by atoms with Crippen LogP contribution in [0.2, 0.25) is 0 Å². The molecule has 2 aliphatic rings. The maximum Gasteiger partial charge on any atom is 0.251 e. The number of hydrogen-bond donors (Lipinski definition) is 4. The number of likely N-dealkylation sites (N-methyl/N-ethyl adjacent to an activating group) is 1. The average molecular weight is 544 g/mol. The van der Waals surface area contributed by atoms with Gasteiger partial charge in [-0.3, -0.25) is 14.4 Å². The topological polar surface area (TPSA) is 126 Å². The van der Waals surface area contributed by atoms with E-state index in [2.05, 4.69) is 16.0 Å². The van der Waals surface area contributed by atoms with Gasteiger partial charge in [-0.25, -0.2) is 0 Å². The predicted molar refractivity (Wildman–Crippen MR) is 152 cm³/mol. The Labute approximate surface area is 232 Å². The lowest BCUT2D eigenvalue weighted by Crippen LogP contribution is -2.38. The van der Waals surface area contributed by atoms with Gasteiger partial charge in [0.2, 0.25) is 11.6 Å². The summed E-state index contributed by atoms with van der Waals surface area (Å²) in [5.41, 5.74) is 1.95. The SMILES string of the molecule is CNCCNC1=C2C[C@@H](C)C[C@H](OC)[C@H](O)[C@@H](C)/C=C(\C)C[C@H](OC)/C=C\C=C(/C)C(=O)NC(=CC1=O)C2=O. The third kappa shape index (κ3) is 9.39. The molecule has 0 saturated carbocycles. The Kier molecular flexibility index (Phi) is 13.0. The molecule has 0 saturated heterocycles. The molecule has 9 nitrogen and oxygen atoms in total. The number of carbonyl (C=O) groups excluding carboxylic acids is 3. The molecule has 1 amide bonds. The minimum Gasteiger partial charge on any atom is -0.390 e. The average Bonchev–Trinajstić information content (AvgIpc) is 2.89. The molecule has 39 heavy (non-hydrogen) atoms. The van der Waals surface area contributed by atoms with Crippen molar-refractivity contribution in [1.29, 1.82) is 0 Å². The summed E-state index contributed by atoms with van der Waals surface area (Å²) >= 11 is 0. The molecular weight excluding hydrogens is 498 g/mol. The largest absolute Gasteiger partial charge is 0.390 e. The number of ketones is 2. The number of allylic oxidation sites excluding steroid dienone is 4. The van der Waals surface area contributed by atoms with Crippen LogP contribution in [0.15, 0.2) is 58.5 Å². The highest BCUT2D eigenvalue weighted by atomic mass is 16.5. The molecule has 4 N–H and O–H groups in total. The summed E-state index contributed by atoms with van der Waals surface area (Å²) in [6.45, 7) is 8.60. The second-order valence-corrected chi connectivity index (χ2v) is 10.5. The van der Waals surface area contributed by atoms with E-state index in [4.69, 9.17) is 9.47 Å². The van der Waals surface area contributed by atoms with Gasteiger partial charge in [0.1, 0.15) is 0 Å². The van der Waals surface area contributed by atoms with E-state index >= 15 is 0 Å². The lowest BCUT2D eigenvalue weighted by atomic mass is 9.85. The Hall–Kier alpha value is -2.85. The quantitative estimate of drug-likeness (QED) is 0.229. The van der Waals surface area contributed by atoms with Gasteiger partial charge in [-0.1, -0.05) is 43.7 Å². The molecule has 0 aromatic heterocycles. The first-order valence-electron chi connectivity index (χ1n) is 13.5. The third-order valence-corrected chi connectivity index (χ3v) is 7.08. The van der Waals surface area contributed by atoms with Crippen LogP contribution in [0.5, 0.6) is 0 Å². The van der Waals surface area contributed by atoms with E-state index in [0.717, 1.165) is 5.57 Å². The van der Waals surface area contributed by atoms with Crippen molar-refractivity contribution in [2.75, 3.05) is 34.4 Å². The third-order valence-electron chi connectivity index (χ3n) is 7.08. The Morgan fingerprint density at radius 1 is 1.08 bits per heavy atom. The van der Waals surface area contributed by atoms with E-state index in [1.54, 1.807) is 40.3 Å². The van der Waals surface area contributed by atoms with Crippen molar-refractivity contribution in [2.24, 2.45) is 11.8 Å². The molecule has 216 valence electrons. The number of hydrogen-bond acceptors (Lipinski definition) is 8. The molecule has 0 radical (unpaired) electrons. The second-order valence-electron chi connectivity index (χ2n) is 10.5. The Morgan fingerprint density at radius 3 is 2.44 bits per heavy atom. The predicted octanol–water partition coefficient (Wildman–Crippen LogP) is 2.50. The van der Waals surface area contributed by atoms with Crippen LogP contribution in [-0.4, -0.2) is 75.2 Å². The number of aliphatic hydroxyl groups excluding tert-OH is 1. The van der Waals surface area contributed by atoms with E-state index in [-0.39, 0.29) is 41.5 Å². The molecule has 1 aliphatic heterocycles. The summed E-state index contributed by atoms with van der Waals surface area (Å²) < 4.78 is 11.3. The highest BCUT2D eigenvalue weighted by Gasteiger charge is 2.32. The molecule has 0 spiro atoms. The minimum atomic E-state index is -0.766. The summed E-state index contributed by atoms with van der Waals surface area (Å²) in [5, 5.41) is 19.9. The number of nitrogens with one attached hydrogen (secondary N) is 3. The van der Waals surface area contributed by atoms with Crippen LogP contribution in [0.4, 0.5) is 0 Å². The van der Waals surface area contributed by atoms with Crippen LogP contribution < -0.4 is 16.0 Å². The van der Waals surface area contributed by atoms with Crippen LogP contribution in [0.3, 0.4) is 0 Å². The number of rotatable bonds is 6. The fourth-order valence-corrected chi connectivity index (χ4v) is 4.81. The van der Waals surface area contributed by atoms with Gasteiger partial charge in [-0.05, 0) is 46.1 Å². The number of Topliss-reactive ketones (excluding diaryl/α,β-unsaturated/α-hetero) is 1. The number of amides is 1. The molecule has 9 heteroatoms. The summed E-state index contributed by atoms with van der Waals surface area (Å²) in [4.78, 5) is 39.5. The number of aliphatic hydroxyl groups is 1. The fraction of sp³-hybridized carbons (Fsp3) is 0.567. The first kappa shape index (κ1) is 32.4. The van der Waals surface area contributed by atoms with Gasteiger partial charge < -0.3 is 30.5 Å².